The van der Waals surface area contributed by atoms with Gasteiger partial charge in [0, 0.05) is 13.0 Å². The van der Waals surface area contributed by atoms with Crippen molar-refractivity contribution in [2.45, 2.75) is 32.2 Å². The zero-order chi connectivity index (χ0) is 15.4. The summed E-state index contributed by atoms with van der Waals surface area (Å²) in [5.74, 6) is -0.364. The van der Waals surface area contributed by atoms with E-state index in [0.29, 0.717) is 0 Å². The van der Waals surface area contributed by atoms with E-state index in [1.54, 1.807) is 0 Å². The number of carbonyl (C=O) groups excluding carboxylic acids is 1. The Bertz CT molecular complexity index is 628. The third kappa shape index (κ3) is 3.33. The number of aromatic amines is 1. The van der Waals surface area contributed by atoms with Crippen LogP contribution in [-0.2, 0) is 16.1 Å². The lowest BCUT2D eigenvalue weighted by Gasteiger charge is -2.14. The van der Waals surface area contributed by atoms with E-state index < -0.39 is 11.2 Å². The zero-order valence-corrected chi connectivity index (χ0v) is 12.0. The molecule has 0 spiro atoms. The SMILES string of the molecule is COCCn1c(N)c(NC(=O)C2CCCC2)c(=O)[nH]c1=O. The van der Waals surface area contributed by atoms with Crippen LogP contribution in [0.2, 0.25) is 0 Å². The van der Waals surface area contributed by atoms with E-state index in [9.17, 15) is 14.4 Å². The number of hydrogen-bond acceptors (Lipinski definition) is 5. The van der Waals surface area contributed by atoms with Crippen molar-refractivity contribution < 1.29 is 9.53 Å². The van der Waals surface area contributed by atoms with Crippen LogP contribution in [0.15, 0.2) is 9.59 Å². The van der Waals surface area contributed by atoms with Gasteiger partial charge in [-0.2, -0.15) is 0 Å². The van der Waals surface area contributed by atoms with Crippen molar-refractivity contribution in [3.63, 3.8) is 0 Å². The number of nitrogens with two attached hydrogens (primary N) is 1. The van der Waals surface area contributed by atoms with Crippen molar-refractivity contribution in [3.8, 4) is 0 Å². The van der Waals surface area contributed by atoms with Gasteiger partial charge < -0.3 is 15.8 Å². The van der Waals surface area contributed by atoms with Crippen molar-refractivity contribution in [1.82, 2.24) is 9.55 Å². The number of amides is 1. The highest BCUT2D eigenvalue weighted by Gasteiger charge is 2.24. The monoisotopic (exact) mass is 296 g/mol. The summed E-state index contributed by atoms with van der Waals surface area (Å²) in [5, 5.41) is 2.56. The summed E-state index contributed by atoms with van der Waals surface area (Å²) in [6.45, 7) is 0.469. The fourth-order valence-corrected chi connectivity index (χ4v) is 2.53. The summed E-state index contributed by atoms with van der Waals surface area (Å²) in [6, 6.07) is 0. The number of carbonyl (C=O) groups is 1. The number of nitrogens with one attached hydrogen (secondary N) is 2. The lowest BCUT2D eigenvalue weighted by Crippen LogP contribution is -2.36. The highest BCUT2D eigenvalue weighted by Crippen LogP contribution is 2.26. The minimum Gasteiger partial charge on any atom is -0.383 e. The molecule has 0 atom stereocenters. The van der Waals surface area contributed by atoms with Gasteiger partial charge in [0.25, 0.3) is 5.56 Å². The summed E-state index contributed by atoms with van der Waals surface area (Å²) in [5.41, 5.74) is 4.48. The first kappa shape index (κ1) is 15.3. The number of anilines is 2. The number of ether oxygens (including phenoxy) is 1. The van der Waals surface area contributed by atoms with Crippen molar-refractivity contribution in [2.75, 3.05) is 24.8 Å². The fourth-order valence-electron chi connectivity index (χ4n) is 2.53. The molecule has 8 nitrogen and oxygen atoms in total. The first-order chi connectivity index (χ1) is 10.0. The van der Waals surface area contributed by atoms with Crippen molar-refractivity contribution in [1.29, 1.82) is 0 Å². The largest absolute Gasteiger partial charge is 0.383 e. The average Bonchev–Trinajstić information content (AvgIpc) is 2.97. The van der Waals surface area contributed by atoms with Crippen LogP contribution in [0, 0.1) is 5.92 Å². The Morgan fingerprint density at radius 1 is 1.43 bits per heavy atom. The predicted molar refractivity (Wildman–Crippen MR) is 78.2 cm³/mol. The molecule has 1 fully saturated rings. The molecule has 0 bridgehead atoms. The molecule has 8 heteroatoms. The molecule has 4 N–H and O–H groups in total. The number of methoxy groups -OCH3 is 1. The van der Waals surface area contributed by atoms with Crippen LogP contribution in [0.3, 0.4) is 0 Å². The van der Waals surface area contributed by atoms with Crippen LogP contribution in [0.4, 0.5) is 11.5 Å². The molecule has 1 aliphatic rings. The molecule has 0 unspecified atom stereocenters. The van der Waals surface area contributed by atoms with Gasteiger partial charge in [-0.05, 0) is 12.8 Å². The number of aromatic nitrogens is 2. The maximum Gasteiger partial charge on any atom is 0.330 e. The third-order valence-corrected chi connectivity index (χ3v) is 3.73. The van der Waals surface area contributed by atoms with Gasteiger partial charge in [-0.1, -0.05) is 12.8 Å². The molecular formula is C13H20N4O4. The number of nitrogens with zero attached hydrogens (tertiary/aromatic N) is 1. The van der Waals surface area contributed by atoms with E-state index in [0.717, 1.165) is 25.7 Å². The maximum atomic E-state index is 12.1. The Kier molecular flexibility index (Phi) is 4.79. The topological polar surface area (TPSA) is 119 Å². The molecule has 21 heavy (non-hydrogen) atoms. The maximum absolute atomic E-state index is 12.1. The van der Waals surface area contributed by atoms with E-state index >= 15 is 0 Å². The molecule has 1 saturated carbocycles. The fraction of sp³-hybridized carbons (Fsp3) is 0.615. The standard InChI is InChI=1S/C13H20N4O4/c1-21-7-6-17-10(14)9(12(19)16-13(17)20)15-11(18)8-4-2-3-5-8/h8H,2-7,14H2,1H3,(H,15,18)(H,16,19,20). The minimum atomic E-state index is -0.683. The normalized spacial score (nSPS) is 15.3. The van der Waals surface area contributed by atoms with Gasteiger partial charge in [0.1, 0.15) is 11.5 Å². The summed E-state index contributed by atoms with van der Waals surface area (Å²) >= 11 is 0. The Balaban J connectivity index is 2.27. The molecule has 2 rings (SSSR count). The Hall–Kier alpha value is -2.09. The summed E-state index contributed by atoms with van der Waals surface area (Å²) in [7, 11) is 1.50. The molecule has 1 aromatic heterocycles. The molecule has 1 amide bonds. The van der Waals surface area contributed by atoms with E-state index in [2.05, 4.69) is 10.3 Å². The van der Waals surface area contributed by atoms with Crippen LogP contribution in [0.5, 0.6) is 0 Å². The first-order valence-corrected chi connectivity index (χ1v) is 6.97. The molecule has 1 heterocycles. The van der Waals surface area contributed by atoms with Crippen molar-refractivity contribution in [2.24, 2.45) is 5.92 Å². The van der Waals surface area contributed by atoms with Gasteiger partial charge in [0.15, 0.2) is 0 Å². The predicted octanol–water partition coefficient (Wildman–Crippen LogP) is -0.106. The van der Waals surface area contributed by atoms with Crippen LogP contribution in [0.1, 0.15) is 25.7 Å². The molecule has 0 aliphatic heterocycles. The van der Waals surface area contributed by atoms with Gasteiger partial charge in [0.2, 0.25) is 5.91 Å². The van der Waals surface area contributed by atoms with Gasteiger partial charge in [0.05, 0.1) is 13.2 Å². The van der Waals surface area contributed by atoms with Crippen LogP contribution in [0.25, 0.3) is 0 Å². The summed E-state index contributed by atoms with van der Waals surface area (Å²) < 4.78 is 6.07. The molecule has 0 aromatic carbocycles. The van der Waals surface area contributed by atoms with Gasteiger partial charge in [-0.3, -0.25) is 19.1 Å². The number of hydrogen-bond donors (Lipinski definition) is 3. The van der Waals surface area contributed by atoms with Crippen molar-refractivity contribution >= 4 is 17.4 Å². The van der Waals surface area contributed by atoms with Gasteiger partial charge in [-0.25, -0.2) is 4.79 Å². The Morgan fingerprint density at radius 3 is 2.71 bits per heavy atom. The summed E-state index contributed by atoms with van der Waals surface area (Å²) in [6.07, 6.45) is 3.65. The molecule has 0 radical (unpaired) electrons. The molecule has 1 aromatic rings. The molecule has 0 saturated heterocycles. The lowest BCUT2D eigenvalue weighted by atomic mass is 10.1. The van der Waals surface area contributed by atoms with E-state index in [4.69, 9.17) is 10.5 Å². The highest BCUT2D eigenvalue weighted by atomic mass is 16.5. The van der Waals surface area contributed by atoms with Crippen LogP contribution >= 0.6 is 0 Å². The van der Waals surface area contributed by atoms with E-state index in [1.807, 2.05) is 0 Å². The van der Waals surface area contributed by atoms with Crippen LogP contribution in [-0.4, -0.2) is 29.2 Å². The van der Waals surface area contributed by atoms with Gasteiger partial charge >= 0.3 is 5.69 Å². The zero-order valence-electron chi connectivity index (χ0n) is 12.0. The third-order valence-electron chi connectivity index (χ3n) is 3.73. The molecular weight excluding hydrogens is 276 g/mol. The Labute approximate surface area is 121 Å². The second kappa shape index (κ2) is 6.57. The minimum absolute atomic E-state index is 0.0489. The van der Waals surface area contributed by atoms with Crippen LogP contribution < -0.4 is 22.3 Å². The second-order valence-electron chi connectivity index (χ2n) is 5.13. The molecule has 1 aliphatic carbocycles. The molecule has 116 valence electrons. The number of nitrogen functional groups attached to an aromatic ring is 1. The smallest absolute Gasteiger partial charge is 0.330 e. The first-order valence-electron chi connectivity index (χ1n) is 6.97. The summed E-state index contributed by atoms with van der Waals surface area (Å²) in [4.78, 5) is 37.8. The Morgan fingerprint density at radius 2 is 2.10 bits per heavy atom. The number of rotatable bonds is 5. The second-order valence-corrected chi connectivity index (χ2v) is 5.13. The number of H-pyrrole nitrogens is 1. The quantitative estimate of drug-likeness (QED) is 0.700. The lowest BCUT2D eigenvalue weighted by molar-refractivity contribution is -0.119. The van der Waals surface area contributed by atoms with Gasteiger partial charge in [-0.15, -0.1) is 0 Å². The van der Waals surface area contributed by atoms with E-state index in [1.165, 1.54) is 11.7 Å². The van der Waals surface area contributed by atoms with E-state index in [-0.39, 0.29) is 36.5 Å². The van der Waals surface area contributed by atoms with Crippen molar-refractivity contribution in [3.05, 3.63) is 20.8 Å². The highest BCUT2D eigenvalue weighted by molar-refractivity contribution is 5.94. The average molecular weight is 296 g/mol.